The summed E-state index contributed by atoms with van der Waals surface area (Å²) in [6.07, 6.45) is 3.76. The number of aromatic amines is 2. The second-order valence-electron chi connectivity index (χ2n) is 32.2. The smallest absolute Gasteiger partial charge is 0.320 e. The van der Waals surface area contributed by atoms with Crippen molar-refractivity contribution in [1.82, 2.24) is 39.5 Å². The van der Waals surface area contributed by atoms with Crippen molar-refractivity contribution >= 4 is 86.6 Å². The van der Waals surface area contributed by atoms with Crippen LogP contribution in [0.4, 0.5) is 5.69 Å². The van der Waals surface area contributed by atoms with Gasteiger partial charge in [0.2, 0.25) is 5.91 Å². The molecule has 7 rings (SSSR count). The predicted octanol–water partition coefficient (Wildman–Crippen LogP) is 13.7. The Morgan fingerprint density at radius 2 is 1.15 bits per heavy atom. The molecular formula is C81H117N9O14. The number of carbonyl (C=O) groups excluding carboxylic acids is 8. The largest absolute Gasteiger partial charge is 0.462 e. The maximum atomic E-state index is 15.3. The summed E-state index contributed by atoms with van der Waals surface area (Å²) >= 11 is 0. The number of ether oxygens (including phenoxy) is 6. The Morgan fingerprint density at radius 3 is 1.71 bits per heavy atom. The van der Waals surface area contributed by atoms with Crippen LogP contribution in [0.25, 0.3) is 33.3 Å². The standard InChI is InChI=1S/C81H117N9O14/c1-23-26-34-90-76(97)72-52(9)62-40-63-57(25-3)49(6)59(83-63)41-64-71(53(10)99-37-27-24-2)51(8)61(84-64)39-60-50(7)58(74(85-60)73(77(90)98)75(72)86-62)32-33-65(91)82-55-30-28-54(29-31-55)38-56(89(46-69(95)103-80(17,18)19)47-70(96)104-81(20,21)22)42-87(44-67(93)101-78(11,12)13)35-36-88(43-66(92)100-48(4)5)45-68(94)102-79(14,15)16/h28-31,39-41,48,50,53,56,58,85-86H,23-27,32-38,42-47H2,1-22H3,(H,82,91)/t50-,53?,56?,58-/m0/s1. The second-order valence-corrected chi connectivity index (χ2v) is 32.2. The SMILES string of the molecule is CCCCOC(C)C1=C(C)c2cc3[nH]c(c4c5[nH]c(cc6nc(cc1n2)C(C)=C6CC)c(C)c5C(=O)N(CCCC)C4=O)[C@@H](CCC(=O)Nc1ccc(CC(CN(CCN(CC(=O)OC(C)C)CC(=O)OC(C)(C)C)CC(=O)OC(C)(C)C)N(CC(=O)OC(C)(C)C)CC(=O)OC(C)(C)C)cc1)[C@@H]3C. The van der Waals surface area contributed by atoms with Gasteiger partial charge in [-0.25, -0.2) is 9.97 Å². The fourth-order valence-electron chi connectivity index (χ4n) is 13.5. The molecule has 0 radical (unpaired) electrons. The lowest BCUT2D eigenvalue weighted by Gasteiger charge is -2.36. The first-order valence-corrected chi connectivity index (χ1v) is 37.2. The number of unbranched alkanes of at least 4 members (excludes halogenated alkanes) is 2. The Balaban J connectivity index is 1.27. The van der Waals surface area contributed by atoms with Crippen LogP contribution >= 0.6 is 0 Å². The van der Waals surface area contributed by atoms with Crippen LogP contribution in [0.15, 0.2) is 42.5 Å². The van der Waals surface area contributed by atoms with Crippen LogP contribution in [0.3, 0.4) is 0 Å². The molecule has 0 saturated carbocycles. The number of hydrogen-bond acceptors (Lipinski definition) is 19. The van der Waals surface area contributed by atoms with E-state index in [0.29, 0.717) is 65.0 Å². The molecule has 4 aliphatic heterocycles. The van der Waals surface area contributed by atoms with Gasteiger partial charge in [-0.05, 0) is 215 Å². The van der Waals surface area contributed by atoms with Gasteiger partial charge in [0.25, 0.3) is 11.8 Å². The van der Waals surface area contributed by atoms with E-state index in [4.69, 9.17) is 38.4 Å². The minimum absolute atomic E-state index is 0.0339. The number of benzene rings is 1. The third-order valence-electron chi connectivity index (χ3n) is 18.2. The Kier molecular flexibility index (Phi) is 28.2. The van der Waals surface area contributed by atoms with E-state index in [1.807, 2.05) is 38.1 Å². The minimum atomic E-state index is -0.886. The van der Waals surface area contributed by atoms with E-state index in [1.54, 1.807) is 124 Å². The molecule has 2 aromatic heterocycles. The van der Waals surface area contributed by atoms with Crippen molar-refractivity contribution in [2.75, 3.05) is 70.8 Å². The normalized spacial score (nSPS) is 16.0. The lowest BCUT2D eigenvalue weighted by Crippen LogP contribution is -2.52. The number of amides is 3. The summed E-state index contributed by atoms with van der Waals surface area (Å²) in [7, 11) is 0. The van der Waals surface area contributed by atoms with Crippen LogP contribution in [0.1, 0.15) is 268 Å². The molecule has 6 heterocycles. The number of anilines is 1. The van der Waals surface area contributed by atoms with Crippen LogP contribution < -0.4 is 5.32 Å². The predicted molar refractivity (Wildman–Crippen MR) is 405 cm³/mol. The maximum Gasteiger partial charge on any atom is 0.320 e. The average Bonchev–Trinajstić information content (AvgIpc) is 1.56. The van der Waals surface area contributed by atoms with Gasteiger partial charge in [0.1, 0.15) is 22.4 Å². The van der Waals surface area contributed by atoms with Crippen LogP contribution in [0.5, 0.6) is 0 Å². The summed E-state index contributed by atoms with van der Waals surface area (Å²) in [5.74, 6) is -4.71. The number of nitrogens with one attached hydrogen (secondary N) is 3. The van der Waals surface area contributed by atoms with E-state index >= 15 is 4.79 Å². The number of allylic oxidation sites excluding steroid dienone is 3. The first-order chi connectivity index (χ1) is 48.6. The minimum Gasteiger partial charge on any atom is -0.462 e. The number of H-pyrrole nitrogens is 2. The zero-order chi connectivity index (χ0) is 77.1. The van der Waals surface area contributed by atoms with Crippen molar-refractivity contribution in [3.63, 3.8) is 0 Å². The zero-order valence-electron chi connectivity index (χ0n) is 66.1. The molecule has 2 unspecified atom stereocenters. The number of aryl methyl sites for hydroxylation is 1. The van der Waals surface area contributed by atoms with Crippen molar-refractivity contribution in [1.29, 1.82) is 0 Å². The molecule has 4 aliphatic rings. The highest BCUT2D eigenvalue weighted by Gasteiger charge is 2.41. The van der Waals surface area contributed by atoms with Crippen molar-refractivity contribution in [3.05, 3.63) is 98.9 Å². The first kappa shape index (κ1) is 83.2. The molecule has 104 heavy (non-hydrogen) atoms. The summed E-state index contributed by atoms with van der Waals surface area (Å²) in [6.45, 7) is 40.4. The lowest BCUT2D eigenvalue weighted by molar-refractivity contribution is -0.162. The summed E-state index contributed by atoms with van der Waals surface area (Å²) in [6, 6.07) is 12.6. The van der Waals surface area contributed by atoms with Gasteiger partial charge in [-0.1, -0.05) is 52.7 Å². The molecule has 0 fully saturated rings. The van der Waals surface area contributed by atoms with Crippen LogP contribution in [-0.2, 0) is 63.6 Å². The fourth-order valence-corrected chi connectivity index (χ4v) is 13.5. The van der Waals surface area contributed by atoms with E-state index < -0.39 is 76.2 Å². The third kappa shape index (κ3) is 23.2. The van der Waals surface area contributed by atoms with Gasteiger partial charge in [-0.2, -0.15) is 0 Å². The number of carbonyl (C=O) groups is 8. The number of hydrogen-bond donors (Lipinski definition) is 3. The van der Waals surface area contributed by atoms with Crippen LogP contribution in [0, 0.1) is 6.92 Å². The van der Waals surface area contributed by atoms with Gasteiger partial charge >= 0.3 is 29.8 Å². The van der Waals surface area contributed by atoms with Crippen molar-refractivity contribution in [2.45, 2.75) is 256 Å². The van der Waals surface area contributed by atoms with E-state index in [1.165, 1.54) is 4.90 Å². The van der Waals surface area contributed by atoms with E-state index in [2.05, 4.69) is 62.9 Å². The quantitative estimate of drug-likeness (QED) is 0.0227. The maximum absolute atomic E-state index is 15.3. The van der Waals surface area contributed by atoms with Gasteiger partial charge < -0.3 is 43.7 Å². The Bertz CT molecular complexity index is 3900. The summed E-state index contributed by atoms with van der Waals surface area (Å²) < 4.78 is 35.3. The molecule has 0 spiro atoms. The number of aromatic nitrogens is 4. The molecule has 23 heteroatoms. The van der Waals surface area contributed by atoms with Crippen LogP contribution in [-0.4, -0.2) is 193 Å². The number of nitrogens with zero attached hydrogens (tertiary/aromatic N) is 6. The van der Waals surface area contributed by atoms with E-state index in [0.717, 1.165) is 75.6 Å². The first-order valence-electron chi connectivity index (χ1n) is 37.2. The summed E-state index contributed by atoms with van der Waals surface area (Å²) in [5.41, 5.74) is 8.74. The Labute approximate surface area is 616 Å². The van der Waals surface area contributed by atoms with E-state index in [-0.39, 0.29) is 95.6 Å². The molecular weight excluding hydrogens is 1320 g/mol. The van der Waals surface area contributed by atoms with Crippen molar-refractivity contribution < 1.29 is 66.8 Å². The number of rotatable bonds is 32. The molecule has 4 atom stereocenters. The number of fused-ring (bicyclic) bond motifs is 8. The van der Waals surface area contributed by atoms with E-state index in [9.17, 15) is 33.6 Å². The molecule has 570 valence electrons. The van der Waals surface area contributed by atoms with Crippen molar-refractivity contribution in [3.8, 4) is 0 Å². The average molecular weight is 1440 g/mol. The van der Waals surface area contributed by atoms with Gasteiger partial charge in [0.15, 0.2) is 0 Å². The Hall–Kier alpha value is -8.12. The summed E-state index contributed by atoms with van der Waals surface area (Å²) in [4.78, 5) is 138. The molecule has 0 aliphatic carbocycles. The van der Waals surface area contributed by atoms with Gasteiger partial charge in [0, 0.05) is 85.2 Å². The molecule has 3 amide bonds. The molecule has 3 N–H and O–H groups in total. The molecule has 3 aromatic rings. The number of imide groups is 1. The molecule has 23 nitrogen and oxygen atoms in total. The van der Waals surface area contributed by atoms with Crippen LogP contribution in [0.2, 0.25) is 0 Å². The second kappa shape index (κ2) is 35.3. The highest BCUT2D eigenvalue weighted by atomic mass is 16.6. The third-order valence-corrected chi connectivity index (χ3v) is 18.2. The van der Waals surface area contributed by atoms with Gasteiger partial charge in [0.05, 0.1) is 84.4 Å². The molecule has 8 bridgehead atoms. The van der Waals surface area contributed by atoms with Gasteiger partial charge in [-0.3, -0.25) is 58.0 Å². The number of esters is 5. The Morgan fingerprint density at radius 1 is 0.625 bits per heavy atom. The topological polar surface area (TPSA) is 274 Å². The zero-order valence-corrected chi connectivity index (χ0v) is 66.1. The van der Waals surface area contributed by atoms with Crippen molar-refractivity contribution in [2.24, 2.45) is 0 Å². The molecule has 0 saturated heterocycles. The highest BCUT2D eigenvalue weighted by molar-refractivity contribution is 6.23. The highest BCUT2D eigenvalue weighted by Crippen LogP contribution is 2.45. The summed E-state index contributed by atoms with van der Waals surface area (Å²) in [5, 5.41) is 3.12. The monoisotopic (exact) mass is 1440 g/mol. The lowest BCUT2D eigenvalue weighted by atomic mass is 9.84. The fraction of sp³-hybridized carbons (Fsp3) is 0.605. The van der Waals surface area contributed by atoms with Gasteiger partial charge in [-0.15, -0.1) is 0 Å². The molecule has 1 aromatic carbocycles.